The summed E-state index contributed by atoms with van der Waals surface area (Å²) in [5.41, 5.74) is 2.63. The summed E-state index contributed by atoms with van der Waals surface area (Å²) >= 11 is 0. The predicted octanol–water partition coefficient (Wildman–Crippen LogP) is 4.65. The van der Waals surface area contributed by atoms with Gasteiger partial charge in [0.15, 0.2) is 0 Å². The quantitative estimate of drug-likeness (QED) is 0.826. The molecule has 1 N–H and O–H groups in total. The van der Waals surface area contributed by atoms with Crippen LogP contribution in [0.15, 0.2) is 36.5 Å². The highest BCUT2D eigenvalue weighted by atomic mass is 14.9. The van der Waals surface area contributed by atoms with E-state index in [1.54, 1.807) is 0 Å². The lowest BCUT2D eigenvalue weighted by molar-refractivity contribution is 0.412. The molecule has 0 saturated heterocycles. The number of hydrogen-bond acceptors (Lipinski definition) is 2. The van der Waals surface area contributed by atoms with E-state index in [9.17, 15) is 0 Å². The van der Waals surface area contributed by atoms with Crippen LogP contribution in [0.4, 0.5) is 0 Å². The van der Waals surface area contributed by atoms with Gasteiger partial charge in [-0.15, -0.1) is 0 Å². The van der Waals surface area contributed by atoms with Crippen molar-refractivity contribution in [2.45, 2.75) is 57.4 Å². The molecule has 2 aromatic rings. The molecule has 1 aromatic heterocycles. The molecule has 1 aliphatic rings. The average molecular weight is 282 g/mol. The first-order valence-corrected chi connectivity index (χ1v) is 8.47. The van der Waals surface area contributed by atoms with E-state index in [4.69, 9.17) is 0 Å². The molecule has 1 saturated carbocycles. The zero-order valence-corrected chi connectivity index (χ0v) is 13.0. The minimum Gasteiger partial charge on any atom is -0.313 e. The van der Waals surface area contributed by atoms with E-state index in [1.807, 2.05) is 6.20 Å². The number of fused-ring (bicyclic) bond motifs is 1. The van der Waals surface area contributed by atoms with Gasteiger partial charge in [0.1, 0.15) is 0 Å². The van der Waals surface area contributed by atoms with E-state index in [0.29, 0.717) is 12.0 Å². The SMILES string of the molecule is CCCNC1CCCCCC1c1cccc2ncccc12. The van der Waals surface area contributed by atoms with Gasteiger partial charge < -0.3 is 5.32 Å². The number of hydrogen-bond donors (Lipinski definition) is 1. The summed E-state index contributed by atoms with van der Waals surface area (Å²) in [4.78, 5) is 4.53. The van der Waals surface area contributed by atoms with Crippen LogP contribution in [0.25, 0.3) is 10.9 Å². The van der Waals surface area contributed by atoms with Gasteiger partial charge >= 0.3 is 0 Å². The Kier molecular flexibility index (Phi) is 4.87. The molecule has 1 heterocycles. The minimum atomic E-state index is 0.623. The summed E-state index contributed by atoms with van der Waals surface area (Å²) in [6, 6.07) is 11.5. The van der Waals surface area contributed by atoms with E-state index in [-0.39, 0.29) is 0 Å². The Balaban J connectivity index is 1.96. The highest BCUT2D eigenvalue weighted by Gasteiger charge is 2.25. The van der Waals surface area contributed by atoms with E-state index in [1.165, 1.54) is 49.5 Å². The van der Waals surface area contributed by atoms with Crippen LogP contribution in [0.2, 0.25) is 0 Å². The number of nitrogens with zero attached hydrogens (tertiary/aromatic N) is 1. The van der Waals surface area contributed by atoms with Crippen molar-refractivity contribution in [3.8, 4) is 0 Å². The molecule has 2 heteroatoms. The van der Waals surface area contributed by atoms with Crippen LogP contribution in [-0.2, 0) is 0 Å². The Morgan fingerprint density at radius 1 is 1.10 bits per heavy atom. The summed E-state index contributed by atoms with van der Waals surface area (Å²) in [5, 5.41) is 5.15. The Hall–Kier alpha value is -1.41. The molecular weight excluding hydrogens is 256 g/mol. The third-order valence-electron chi connectivity index (χ3n) is 4.75. The highest BCUT2D eigenvalue weighted by molar-refractivity contribution is 5.82. The van der Waals surface area contributed by atoms with Gasteiger partial charge in [-0.1, -0.05) is 44.4 Å². The standard InChI is InChI=1S/C19H26N2/c1-2-13-20-18-11-5-3-4-8-16(18)15-9-6-12-19-17(15)10-7-14-21-19/h6-7,9-10,12,14,16,18,20H,2-5,8,11,13H2,1H3. The van der Waals surface area contributed by atoms with E-state index in [2.05, 4.69) is 47.6 Å². The average Bonchev–Trinajstić information content (AvgIpc) is 2.77. The lowest BCUT2D eigenvalue weighted by Crippen LogP contribution is -2.34. The van der Waals surface area contributed by atoms with Crippen molar-refractivity contribution >= 4 is 10.9 Å². The van der Waals surface area contributed by atoms with Crippen molar-refractivity contribution in [3.63, 3.8) is 0 Å². The Morgan fingerprint density at radius 3 is 2.90 bits per heavy atom. The summed E-state index contributed by atoms with van der Waals surface area (Å²) in [7, 11) is 0. The number of benzene rings is 1. The smallest absolute Gasteiger partial charge is 0.0704 e. The van der Waals surface area contributed by atoms with Gasteiger partial charge in [0.2, 0.25) is 0 Å². The van der Waals surface area contributed by atoms with Crippen LogP contribution in [-0.4, -0.2) is 17.6 Å². The summed E-state index contributed by atoms with van der Waals surface area (Å²) in [6.07, 6.45) is 9.80. The predicted molar refractivity (Wildman–Crippen MR) is 89.7 cm³/mol. The molecule has 0 amide bonds. The van der Waals surface area contributed by atoms with E-state index >= 15 is 0 Å². The Morgan fingerprint density at radius 2 is 2.00 bits per heavy atom. The Labute approximate surface area is 128 Å². The Bertz CT molecular complexity index is 573. The van der Waals surface area contributed by atoms with Crippen molar-refractivity contribution in [1.29, 1.82) is 0 Å². The fourth-order valence-corrected chi connectivity index (χ4v) is 3.70. The van der Waals surface area contributed by atoms with Crippen molar-refractivity contribution in [2.75, 3.05) is 6.54 Å². The molecule has 3 rings (SSSR count). The zero-order chi connectivity index (χ0) is 14.5. The minimum absolute atomic E-state index is 0.623. The molecule has 21 heavy (non-hydrogen) atoms. The molecule has 0 radical (unpaired) electrons. The molecule has 1 fully saturated rings. The van der Waals surface area contributed by atoms with Crippen LogP contribution < -0.4 is 5.32 Å². The third kappa shape index (κ3) is 3.26. The first-order valence-electron chi connectivity index (χ1n) is 8.47. The second-order valence-electron chi connectivity index (χ2n) is 6.22. The maximum Gasteiger partial charge on any atom is 0.0704 e. The van der Waals surface area contributed by atoms with Crippen LogP contribution in [0.1, 0.15) is 56.9 Å². The fourth-order valence-electron chi connectivity index (χ4n) is 3.70. The van der Waals surface area contributed by atoms with Crippen LogP contribution in [0.3, 0.4) is 0 Å². The van der Waals surface area contributed by atoms with Crippen molar-refractivity contribution in [1.82, 2.24) is 10.3 Å². The first kappa shape index (κ1) is 14.5. The second-order valence-corrected chi connectivity index (χ2v) is 6.22. The first-order chi connectivity index (χ1) is 10.4. The molecule has 2 unspecified atom stereocenters. The molecular formula is C19H26N2. The normalized spacial score (nSPS) is 23.1. The van der Waals surface area contributed by atoms with Crippen molar-refractivity contribution in [3.05, 3.63) is 42.1 Å². The van der Waals surface area contributed by atoms with Crippen LogP contribution >= 0.6 is 0 Å². The number of rotatable bonds is 4. The monoisotopic (exact) mass is 282 g/mol. The second kappa shape index (κ2) is 7.04. The van der Waals surface area contributed by atoms with Gasteiger partial charge in [0, 0.05) is 17.6 Å². The van der Waals surface area contributed by atoms with Gasteiger partial charge in [0.05, 0.1) is 5.52 Å². The molecule has 2 nitrogen and oxygen atoms in total. The number of nitrogens with one attached hydrogen (secondary N) is 1. The summed E-state index contributed by atoms with van der Waals surface area (Å²) in [6.45, 7) is 3.38. The third-order valence-corrected chi connectivity index (χ3v) is 4.75. The van der Waals surface area contributed by atoms with Crippen molar-refractivity contribution < 1.29 is 0 Å². The topological polar surface area (TPSA) is 24.9 Å². The van der Waals surface area contributed by atoms with E-state index < -0.39 is 0 Å². The number of pyridine rings is 1. The maximum atomic E-state index is 4.53. The molecule has 1 aliphatic carbocycles. The lowest BCUT2D eigenvalue weighted by Gasteiger charge is -2.27. The highest BCUT2D eigenvalue weighted by Crippen LogP contribution is 2.35. The maximum absolute atomic E-state index is 4.53. The largest absolute Gasteiger partial charge is 0.313 e. The van der Waals surface area contributed by atoms with Crippen LogP contribution in [0.5, 0.6) is 0 Å². The lowest BCUT2D eigenvalue weighted by atomic mass is 9.85. The van der Waals surface area contributed by atoms with Gasteiger partial charge in [0.25, 0.3) is 0 Å². The van der Waals surface area contributed by atoms with E-state index in [0.717, 1.165) is 12.1 Å². The van der Waals surface area contributed by atoms with Crippen molar-refractivity contribution in [2.24, 2.45) is 0 Å². The molecule has 0 bridgehead atoms. The summed E-state index contributed by atoms with van der Waals surface area (Å²) in [5.74, 6) is 0.631. The van der Waals surface area contributed by atoms with Gasteiger partial charge in [-0.3, -0.25) is 4.98 Å². The zero-order valence-electron chi connectivity index (χ0n) is 13.0. The summed E-state index contributed by atoms with van der Waals surface area (Å²) < 4.78 is 0. The molecule has 2 atom stereocenters. The molecule has 0 spiro atoms. The van der Waals surface area contributed by atoms with Gasteiger partial charge in [-0.05, 0) is 49.4 Å². The fraction of sp³-hybridized carbons (Fsp3) is 0.526. The molecule has 0 aliphatic heterocycles. The van der Waals surface area contributed by atoms with Gasteiger partial charge in [-0.2, -0.15) is 0 Å². The number of aromatic nitrogens is 1. The molecule has 1 aromatic carbocycles. The molecule has 112 valence electrons. The van der Waals surface area contributed by atoms with Crippen LogP contribution in [0, 0.1) is 0 Å². The van der Waals surface area contributed by atoms with Gasteiger partial charge in [-0.25, -0.2) is 0 Å².